The molecule has 1 fully saturated rings. The van der Waals surface area contributed by atoms with Crippen LogP contribution in [0.15, 0.2) is 40.9 Å². The summed E-state index contributed by atoms with van der Waals surface area (Å²) >= 11 is 0. The van der Waals surface area contributed by atoms with Crippen molar-refractivity contribution in [2.75, 3.05) is 19.8 Å². The van der Waals surface area contributed by atoms with Gasteiger partial charge in [0.2, 0.25) is 11.8 Å². The first kappa shape index (κ1) is 16.7. The highest BCUT2D eigenvalue weighted by Gasteiger charge is 2.31. The molecule has 1 amide bonds. The number of rotatable bonds is 6. The van der Waals surface area contributed by atoms with E-state index < -0.39 is 0 Å². The minimum absolute atomic E-state index is 0.0179. The van der Waals surface area contributed by atoms with Crippen LogP contribution in [0.4, 0.5) is 0 Å². The van der Waals surface area contributed by atoms with Crippen LogP contribution in [0.1, 0.15) is 49.4 Å². The molecule has 1 aromatic heterocycles. The van der Waals surface area contributed by atoms with Crippen LogP contribution in [0.5, 0.6) is 0 Å². The number of ether oxygens (including phenoxy) is 1. The van der Waals surface area contributed by atoms with Gasteiger partial charge in [0.15, 0.2) is 0 Å². The van der Waals surface area contributed by atoms with E-state index in [4.69, 9.17) is 9.15 Å². The third-order valence-corrected chi connectivity index (χ3v) is 4.33. The molecule has 0 aliphatic carbocycles. The first-order valence-electron chi connectivity index (χ1n) is 8.63. The highest BCUT2D eigenvalue weighted by atomic mass is 16.5. The Labute approximate surface area is 142 Å². The van der Waals surface area contributed by atoms with E-state index >= 15 is 0 Å². The van der Waals surface area contributed by atoms with Gasteiger partial charge in [0.1, 0.15) is 18.4 Å². The summed E-state index contributed by atoms with van der Waals surface area (Å²) in [7, 11) is 0. The summed E-state index contributed by atoms with van der Waals surface area (Å²) < 4.78 is 11.2. The SMILES string of the molecule is CCOCC(=O)N1CCCC[C@H]1c1ncc(Cc2ccccc2)o1. The summed E-state index contributed by atoms with van der Waals surface area (Å²) in [6.45, 7) is 3.31. The Morgan fingerprint density at radius 2 is 2.17 bits per heavy atom. The Kier molecular flexibility index (Phi) is 5.64. The van der Waals surface area contributed by atoms with Crippen LogP contribution in [0, 0.1) is 0 Å². The van der Waals surface area contributed by atoms with Crippen molar-refractivity contribution in [3.05, 3.63) is 53.7 Å². The van der Waals surface area contributed by atoms with Crippen molar-refractivity contribution in [3.63, 3.8) is 0 Å². The van der Waals surface area contributed by atoms with E-state index in [2.05, 4.69) is 17.1 Å². The topological polar surface area (TPSA) is 55.6 Å². The maximum Gasteiger partial charge on any atom is 0.249 e. The standard InChI is InChI=1S/C19H24N2O3/c1-2-23-14-18(22)21-11-7-6-10-17(21)19-20-13-16(24-19)12-15-8-4-3-5-9-15/h3-5,8-9,13,17H,2,6-7,10-12,14H2,1H3/t17-/m0/s1. The molecule has 1 saturated heterocycles. The monoisotopic (exact) mass is 328 g/mol. The molecule has 0 saturated carbocycles. The molecule has 5 nitrogen and oxygen atoms in total. The van der Waals surface area contributed by atoms with E-state index in [9.17, 15) is 4.79 Å². The highest BCUT2D eigenvalue weighted by Crippen LogP contribution is 2.31. The van der Waals surface area contributed by atoms with Crippen LogP contribution in [-0.2, 0) is 16.0 Å². The van der Waals surface area contributed by atoms with Crippen molar-refractivity contribution < 1.29 is 13.9 Å². The second-order valence-electron chi connectivity index (χ2n) is 6.06. The lowest BCUT2D eigenvalue weighted by Crippen LogP contribution is -2.40. The van der Waals surface area contributed by atoms with Gasteiger partial charge in [0, 0.05) is 19.6 Å². The molecule has 0 radical (unpaired) electrons. The lowest BCUT2D eigenvalue weighted by Gasteiger charge is -2.33. The summed E-state index contributed by atoms with van der Waals surface area (Å²) in [6.07, 6.45) is 5.49. The fraction of sp³-hybridized carbons (Fsp3) is 0.474. The number of carbonyl (C=O) groups is 1. The first-order chi connectivity index (χ1) is 11.8. The van der Waals surface area contributed by atoms with Gasteiger partial charge < -0.3 is 14.1 Å². The number of piperidine rings is 1. The number of nitrogens with zero attached hydrogens (tertiary/aromatic N) is 2. The van der Waals surface area contributed by atoms with Crippen LogP contribution in [0.25, 0.3) is 0 Å². The fourth-order valence-corrected chi connectivity index (χ4v) is 3.11. The van der Waals surface area contributed by atoms with Crippen molar-refractivity contribution in [1.29, 1.82) is 0 Å². The number of likely N-dealkylation sites (tertiary alicyclic amines) is 1. The summed E-state index contributed by atoms with van der Waals surface area (Å²) in [4.78, 5) is 18.7. The van der Waals surface area contributed by atoms with Gasteiger partial charge in [-0.2, -0.15) is 0 Å². The van der Waals surface area contributed by atoms with Crippen LogP contribution < -0.4 is 0 Å². The molecular formula is C19H24N2O3. The number of carbonyl (C=O) groups excluding carboxylic acids is 1. The van der Waals surface area contributed by atoms with Crippen LogP contribution >= 0.6 is 0 Å². The zero-order valence-electron chi connectivity index (χ0n) is 14.1. The molecule has 0 unspecified atom stereocenters. The average molecular weight is 328 g/mol. The summed E-state index contributed by atoms with van der Waals surface area (Å²) in [5, 5.41) is 0. The van der Waals surface area contributed by atoms with E-state index in [0.717, 1.165) is 31.6 Å². The molecule has 3 rings (SSSR count). The number of oxazole rings is 1. The second-order valence-corrected chi connectivity index (χ2v) is 6.06. The largest absolute Gasteiger partial charge is 0.443 e. The Morgan fingerprint density at radius 1 is 1.33 bits per heavy atom. The zero-order valence-corrected chi connectivity index (χ0v) is 14.1. The van der Waals surface area contributed by atoms with Gasteiger partial charge in [-0.25, -0.2) is 4.98 Å². The zero-order chi connectivity index (χ0) is 16.8. The molecule has 0 bridgehead atoms. The summed E-state index contributed by atoms with van der Waals surface area (Å²) in [5.41, 5.74) is 1.19. The molecule has 24 heavy (non-hydrogen) atoms. The van der Waals surface area contributed by atoms with Gasteiger partial charge in [-0.15, -0.1) is 0 Å². The van der Waals surface area contributed by atoms with Gasteiger partial charge >= 0.3 is 0 Å². The molecule has 0 N–H and O–H groups in total. The normalized spacial score (nSPS) is 17.9. The molecule has 1 aliphatic heterocycles. The minimum atomic E-state index is -0.0729. The van der Waals surface area contributed by atoms with Crippen molar-refractivity contribution >= 4 is 5.91 Å². The van der Waals surface area contributed by atoms with Crippen molar-refractivity contribution in [2.45, 2.75) is 38.6 Å². The lowest BCUT2D eigenvalue weighted by atomic mass is 10.0. The number of hydrogen-bond acceptors (Lipinski definition) is 4. The summed E-state index contributed by atoms with van der Waals surface area (Å²) in [6, 6.07) is 10.1. The molecule has 5 heteroatoms. The number of benzene rings is 1. The molecule has 1 aromatic carbocycles. The van der Waals surface area contributed by atoms with Crippen LogP contribution in [0.2, 0.25) is 0 Å². The van der Waals surface area contributed by atoms with E-state index in [0.29, 0.717) is 18.9 Å². The quantitative estimate of drug-likeness (QED) is 0.816. The number of amides is 1. The van der Waals surface area contributed by atoms with Gasteiger partial charge in [0.25, 0.3) is 0 Å². The van der Waals surface area contributed by atoms with Crippen LogP contribution in [-0.4, -0.2) is 35.5 Å². The maximum atomic E-state index is 12.4. The number of hydrogen-bond donors (Lipinski definition) is 0. The lowest BCUT2D eigenvalue weighted by molar-refractivity contribution is -0.140. The molecule has 128 valence electrons. The Morgan fingerprint density at radius 3 is 2.96 bits per heavy atom. The average Bonchev–Trinajstić information content (AvgIpc) is 3.09. The molecular weight excluding hydrogens is 304 g/mol. The van der Waals surface area contributed by atoms with E-state index in [1.165, 1.54) is 5.56 Å². The predicted octanol–water partition coefficient (Wildman–Crippen LogP) is 3.36. The smallest absolute Gasteiger partial charge is 0.249 e. The molecule has 1 atom stereocenters. The highest BCUT2D eigenvalue weighted by molar-refractivity contribution is 5.78. The predicted molar refractivity (Wildman–Crippen MR) is 90.5 cm³/mol. The molecule has 2 aromatic rings. The van der Waals surface area contributed by atoms with E-state index in [1.807, 2.05) is 30.0 Å². The third kappa shape index (κ3) is 4.03. The maximum absolute atomic E-state index is 12.4. The van der Waals surface area contributed by atoms with Gasteiger partial charge in [-0.3, -0.25) is 4.79 Å². The Hall–Kier alpha value is -2.14. The van der Waals surface area contributed by atoms with Crippen molar-refractivity contribution in [3.8, 4) is 0 Å². The summed E-state index contributed by atoms with van der Waals surface area (Å²) in [5.74, 6) is 1.49. The van der Waals surface area contributed by atoms with Gasteiger partial charge in [0.05, 0.1) is 6.20 Å². The fourth-order valence-electron chi connectivity index (χ4n) is 3.11. The molecule has 1 aliphatic rings. The Bertz CT molecular complexity index is 654. The first-order valence-corrected chi connectivity index (χ1v) is 8.63. The second kappa shape index (κ2) is 8.11. The van der Waals surface area contributed by atoms with Crippen molar-refractivity contribution in [1.82, 2.24) is 9.88 Å². The van der Waals surface area contributed by atoms with Gasteiger partial charge in [-0.1, -0.05) is 30.3 Å². The van der Waals surface area contributed by atoms with Crippen LogP contribution in [0.3, 0.4) is 0 Å². The van der Waals surface area contributed by atoms with E-state index in [-0.39, 0.29) is 18.6 Å². The van der Waals surface area contributed by atoms with E-state index in [1.54, 1.807) is 6.20 Å². The molecule has 0 spiro atoms. The minimum Gasteiger partial charge on any atom is -0.443 e. The number of aromatic nitrogens is 1. The van der Waals surface area contributed by atoms with Crippen molar-refractivity contribution in [2.24, 2.45) is 0 Å². The van der Waals surface area contributed by atoms with Gasteiger partial charge in [-0.05, 0) is 31.7 Å². The molecule has 2 heterocycles. The third-order valence-electron chi connectivity index (χ3n) is 4.33. The Balaban J connectivity index is 1.70.